The number of ether oxygens (including phenoxy) is 1. The van der Waals surface area contributed by atoms with Gasteiger partial charge in [-0.2, -0.15) is 0 Å². The molecule has 3 aromatic rings. The predicted molar refractivity (Wildman–Crippen MR) is 128 cm³/mol. The van der Waals surface area contributed by atoms with Crippen LogP contribution in [0.4, 0.5) is 5.82 Å². The summed E-state index contributed by atoms with van der Waals surface area (Å²) in [4.78, 5) is 26.6. The fourth-order valence-electron chi connectivity index (χ4n) is 4.35. The number of nitrogens with zero attached hydrogens (tertiary/aromatic N) is 3. The molecule has 2 aliphatic rings. The molecule has 0 unspecified atom stereocenters. The normalized spacial score (nSPS) is 16.3. The Balaban J connectivity index is 0.000000354. The van der Waals surface area contributed by atoms with Crippen molar-refractivity contribution in [1.29, 1.82) is 0 Å². The molecule has 2 N–H and O–H groups in total. The molecule has 4 heterocycles. The van der Waals surface area contributed by atoms with E-state index in [1.54, 1.807) is 12.4 Å². The van der Waals surface area contributed by atoms with Crippen molar-refractivity contribution in [3.63, 3.8) is 0 Å². The van der Waals surface area contributed by atoms with Gasteiger partial charge in [-0.25, -0.2) is 14.8 Å². The van der Waals surface area contributed by atoms with Crippen molar-refractivity contribution in [3.8, 4) is 11.1 Å². The van der Waals surface area contributed by atoms with E-state index in [9.17, 15) is 4.79 Å². The molecule has 32 heavy (non-hydrogen) atoms. The summed E-state index contributed by atoms with van der Waals surface area (Å²) in [5.41, 5.74) is 3.33. The molecule has 0 amide bonds. The standard InChI is InChI=1S/C20H22N4O2.C5H11N/c1-2-26-20(25)15-8-6-7-14(11-15)16-12-21-18-17(16)19(23-13-22-18)24-9-4-3-5-10-24;1-2-4-6-5-3-1/h6-8,11-13H,2-5,9-10H2,1H3,(H,21,22,23);6H,1-5H2. The van der Waals surface area contributed by atoms with Gasteiger partial charge < -0.3 is 19.9 Å². The zero-order valence-electron chi connectivity index (χ0n) is 18.9. The number of benzene rings is 1. The third kappa shape index (κ3) is 5.27. The number of carbonyl (C=O) groups excluding carboxylic acids is 1. The van der Waals surface area contributed by atoms with Crippen LogP contribution in [0.1, 0.15) is 55.8 Å². The number of aromatic nitrogens is 3. The van der Waals surface area contributed by atoms with E-state index in [0.717, 1.165) is 41.1 Å². The lowest BCUT2D eigenvalue weighted by Gasteiger charge is -2.28. The van der Waals surface area contributed by atoms with Gasteiger partial charge in [-0.15, -0.1) is 0 Å². The largest absolute Gasteiger partial charge is 0.462 e. The molecule has 0 bridgehead atoms. The monoisotopic (exact) mass is 435 g/mol. The van der Waals surface area contributed by atoms with Gasteiger partial charge in [0.05, 0.1) is 17.6 Å². The van der Waals surface area contributed by atoms with Crippen molar-refractivity contribution in [2.24, 2.45) is 0 Å². The molecule has 0 spiro atoms. The summed E-state index contributed by atoms with van der Waals surface area (Å²) in [6.07, 6.45) is 11.4. The fourth-order valence-corrected chi connectivity index (χ4v) is 4.35. The Morgan fingerprint density at radius 1 is 1.06 bits per heavy atom. The van der Waals surface area contributed by atoms with Crippen molar-refractivity contribution < 1.29 is 9.53 Å². The van der Waals surface area contributed by atoms with Crippen LogP contribution < -0.4 is 10.2 Å². The average molecular weight is 436 g/mol. The van der Waals surface area contributed by atoms with E-state index in [1.807, 2.05) is 31.3 Å². The molecule has 7 nitrogen and oxygen atoms in total. The Morgan fingerprint density at radius 3 is 2.53 bits per heavy atom. The van der Waals surface area contributed by atoms with E-state index < -0.39 is 0 Å². The van der Waals surface area contributed by atoms with Gasteiger partial charge in [0.25, 0.3) is 0 Å². The second-order valence-corrected chi connectivity index (χ2v) is 8.28. The Kier molecular flexibility index (Phi) is 7.72. The van der Waals surface area contributed by atoms with Crippen molar-refractivity contribution in [2.75, 3.05) is 37.7 Å². The van der Waals surface area contributed by atoms with E-state index >= 15 is 0 Å². The number of anilines is 1. The second kappa shape index (κ2) is 11.1. The molecule has 1 aromatic carbocycles. The lowest BCUT2D eigenvalue weighted by Crippen LogP contribution is -2.30. The lowest BCUT2D eigenvalue weighted by molar-refractivity contribution is 0.0526. The Labute approximate surface area is 189 Å². The number of rotatable bonds is 4. The number of fused-ring (bicyclic) bond motifs is 1. The van der Waals surface area contributed by atoms with Crippen LogP contribution in [0, 0.1) is 0 Å². The van der Waals surface area contributed by atoms with Crippen LogP contribution in [-0.2, 0) is 4.74 Å². The minimum absolute atomic E-state index is 0.304. The molecule has 5 rings (SSSR count). The first kappa shape index (κ1) is 22.3. The van der Waals surface area contributed by atoms with Gasteiger partial charge in [0.1, 0.15) is 17.8 Å². The van der Waals surface area contributed by atoms with Crippen LogP contribution in [0.25, 0.3) is 22.2 Å². The maximum atomic E-state index is 12.1. The summed E-state index contributed by atoms with van der Waals surface area (Å²) in [6.45, 7) is 6.70. The van der Waals surface area contributed by atoms with E-state index in [4.69, 9.17) is 4.74 Å². The fraction of sp³-hybridized carbons (Fsp3) is 0.480. The van der Waals surface area contributed by atoms with Crippen LogP contribution >= 0.6 is 0 Å². The molecule has 0 saturated carbocycles. The van der Waals surface area contributed by atoms with Gasteiger partial charge in [-0.1, -0.05) is 18.6 Å². The van der Waals surface area contributed by atoms with Crippen molar-refractivity contribution in [2.45, 2.75) is 45.4 Å². The number of aromatic amines is 1. The molecule has 2 fully saturated rings. The highest BCUT2D eigenvalue weighted by molar-refractivity contribution is 6.02. The topological polar surface area (TPSA) is 83.1 Å². The zero-order valence-corrected chi connectivity index (χ0v) is 18.9. The number of carbonyl (C=O) groups is 1. The highest BCUT2D eigenvalue weighted by Gasteiger charge is 2.20. The maximum absolute atomic E-state index is 12.1. The van der Waals surface area contributed by atoms with Gasteiger partial charge in [-0.3, -0.25) is 0 Å². The second-order valence-electron chi connectivity index (χ2n) is 8.28. The SMILES string of the molecule is C1CCNCC1.CCOC(=O)c1cccc(-c2c[nH]c3ncnc(N4CCCCC4)c23)c1. The van der Waals surface area contributed by atoms with Gasteiger partial charge in [0.15, 0.2) is 0 Å². The van der Waals surface area contributed by atoms with Gasteiger partial charge in [0, 0.05) is 24.8 Å². The molecule has 170 valence electrons. The average Bonchev–Trinajstić information content (AvgIpc) is 3.31. The number of nitrogens with one attached hydrogen (secondary N) is 2. The Bertz CT molecular complexity index is 1010. The third-order valence-electron chi connectivity index (χ3n) is 6.00. The zero-order chi connectivity index (χ0) is 22.2. The molecule has 0 atom stereocenters. The number of piperidine rings is 2. The first-order chi connectivity index (χ1) is 15.8. The highest BCUT2D eigenvalue weighted by atomic mass is 16.5. The van der Waals surface area contributed by atoms with Crippen molar-refractivity contribution in [3.05, 3.63) is 42.4 Å². The summed E-state index contributed by atoms with van der Waals surface area (Å²) in [5.74, 6) is 0.661. The summed E-state index contributed by atoms with van der Waals surface area (Å²) in [5, 5.41) is 4.29. The van der Waals surface area contributed by atoms with Crippen LogP contribution in [-0.4, -0.2) is 53.7 Å². The Morgan fingerprint density at radius 2 is 1.84 bits per heavy atom. The number of H-pyrrole nitrogens is 1. The first-order valence-electron chi connectivity index (χ1n) is 11.8. The molecule has 2 aromatic heterocycles. The molecular formula is C25H33N5O2. The van der Waals surface area contributed by atoms with Gasteiger partial charge >= 0.3 is 5.97 Å². The molecular weight excluding hydrogens is 402 g/mol. The lowest BCUT2D eigenvalue weighted by atomic mass is 10.0. The van der Waals surface area contributed by atoms with Crippen LogP contribution in [0.15, 0.2) is 36.8 Å². The predicted octanol–water partition coefficient (Wildman–Crippen LogP) is 4.55. The first-order valence-corrected chi connectivity index (χ1v) is 11.8. The van der Waals surface area contributed by atoms with E-state index in [-0.39, 0.29) is 5.97 Å². The van der Waals surface area contributed by atoms with Crippen molar-refractivity contribution in [1.82, 2.24) is 20.3 Å². The van der Waals surface area contributed by atoms with Gasteiger partial charge in [-0.05, 0) is 69.8 Å². The summed E-state index contributed by atoms with van der Waals surface area (Å²) < 4.78 is 5.13. The highest BCUT2D eigenvalue weighted by Crippen LogP contribution is 2.34. The van der Waals surface area contributed by atoms with E-state index in [0.29, 0.717) is 12.2 Å². The van der Waals surface area contributed by atoms with E-state index in [2.05, 4.69) is 25.2 Å². The Hall–Kier alpha value is -2.93. The van der Waals surface area contributed by atoms with Crippen LogP contribution in [0.2, 0.25) is 0 Å². The van der Waals surface area contributed by atoms with Crippen LogP contribution in [0.3, 0.4) is 0 Å². The van der Waals surface area contributed by atoms with E-state index in [1.165, 1.54) is 51.6 Å². The number of hydrogen-bond donors (Lipinski definition) is 2. The van der Waals surface area contributed by atoms with Crippen LogP contribution in [0.5, 0.6) is 0 Å². The maximum Gasteiger partial charge on any atom is 0.338 e. The molecule has 0 aliphatic carbocycles. The minimum atomic E-state index is -0.304. The number of esters is 1. The smallest absolute Gasteiger partial charge is 0.338 e. The minimum Gasteiger partial charge on any atom is -0.462 e. The number of hydrogen-bond acceptors (Lipinski definition) is 6. The summed E-state index contributed by atoms with van der Waals surface area (Å²) in [7, 11) is 0. The molecule has 7 heteroatoms. The molecule has 2 aliphatic heterocycles. The van der Waals surface area contributed by atoms with Crippen molar-refractivity contribution >= 4 is 22.8 Å². The molecule has 0 radical (unpaired) electrons. The summed E-state index contributed by atoms with van der Waals surface area (Å²) in [6, 6.07) is 7.52. The molecule has 2 saturated heterocycles. The summed E-state index contributed by atoms with van der Waals surface area (Å²) >= 11 is 0. The quantitative estimate of drug-likeness (QED) is 0.585. The van der Waals surface area contributed by atoms with Gasteiger partial charge in [0.2, 0.25) is 0 Å². The third-order valence-corrected chi connectivity index (χ3v) is 6.00.